The third-order valence-corrected chi connectivity index (χ3v) is 3.07. The summed E-state index contributed by atoms with van der Waals surface area (Å²) in [4.78, 5) is 20.0. The van der Waals surface area contributed by atoms with Crippen LogP contribution in [0.3, 0.4) is 0 Å². The molecule has 0 bridgehead atoms. The highest BCUT2D eigenvalue weighted by molar-refractivity contribution is 5.91. The largest absolute Gasteiger partial charge is 0.486 e. The molecule has 0 spiro atoms. The van der Waals surface area contributed by atoms with Crippen LogP contribution in [0.5, 0.6) is 11.5 Å². The van der Waals surface area contributed by atoms with Crippen molar-refractivity contribution in [2.45, 2.75) is 13.0 Å². The molecule has 1 aromatic heterocycles. The molecule has 1 N–H and O–H groups in total. The molecule has 6 nitrogen and oxygen atoms in total. The van der Waals surface area contributed by atoms with E-state index in [2.05, 4.69) is 15.3 Å². The van der Waals surface area contributed by atoms with E-state index in [1.165, 1.54) is 6.20 Å². The summed E-state index contributed by atoms with van der Waals surface area (Å²) in [5, 5.41) is 2.77. The Morgan fingerprint density at radius 2 is 2.10 bits per heavy atom. The van der Waals surface area contributed by atoms with E-state index >= 15 is 0 Å². The number of ether oxygens (including phenoxy) is 2. The van der Waals surface area contributed by atoms with Gasteiger partial charge in [-0.2, -0.15) is 0 Å². The van der Waals surface area contributed by atoms with E-state index in [4.69, 9.17) is 9.47 Å². The minimum absolute atomic E-state index is 0.220. The van der Waals surface area contributed by atoms with Gasteiger partial charge < -0.3 is 14.8 Å². The third kappa shape index (κ3) is 3.10. The Morgan fingerprint density at radius 1 is 1.29 bits per heavy atom. The van der Waals surface area contributed by atoms with Gasteiger partial charge >= 0.3 is 0 Å². The third-order valence-electron chi connectivity index (χ3n) is 3.07. The molecule has 1 aromatic carbocycles. The van der Waals surface area contributed by atoms with Crippen LogP contribution < -0.4 is 14.8 Å². The van der Waals surface area contributed by atoms with Crippen molar-refractivity contribution in [1.29, 1.82) is 0 Å². The molecule has 2 heterocycles. The molecule has 2 aromatic rings. The number of fused-ring (bicyclic) bond motifs is 1. The number of hydrogen-bond donors (Lipinski definition) is 1. The molecule has 1 aliphatic heterocycles. The van der Waals surface area contributed by atoms with Crippen molar-refractivity contribution in [2.75, 3.05) is 13.2 Å². The number of nitrogens with one attached hydrogen (secondary N) is 1. The predicted molar refractivity (Wildman–Crippen MR) is 75.5 cm³/mol. The average molecular weight is 285 g/mol. The highest BCUT2D eigenvalue weighted by Gasteiger charge is 2.21. The van der Waals surface area contributed by atoms with E-state index in [0.717, 1.165) is 11.4 Å². The molecule has 0 saturated heterocycles. The summed E-state index contributed by atoms with van der Waals surface area (Å²) < 4.78 is 11.3. The summed E-state index contributed by atoms with van der Waals surface area (Å²) in [6.45, 7) is 2.57. The lowest BCUT2D eigenvalue weighted by molar-refractivity contribution is 0.0786. The van der Waals surface area contributed by atoms with Crippen LogP contribution in [-0.4, -0.2) is 35.1 Å². The van der Waals surface area contributed by atoms with E-state index in [-0.39, 0.29) is 17.7 Å². The van der Waals surface area contributed by atoms with Gasteiger partial charge in [-0.15, -0.1) is 0 Å². The van der Waals surface area contributed by atoms with Crippen LogP contribution in [0.15, 0.2) is 36.7 Å². The fourth-order valence-electron chi connectivity index (χ4n) is 1.97. The van der Waals surface area contributed by atoms with Crippen molar-refractivity contribution >= 4 is 5.91 Å². The van der Waals surface area contributed by atoms with Crippen molar-refractivity contribution in [3.05, 3.63) is 48.0 Å². The van der Waals surface area contributed by atoms with Crippen molar-refractivity contribution in [2.24, 2.45) is 0 Å². The minimum Gasteiger partial charge on any atom is -0.486 e. The lowest BCUT2D eigenvalue weighted by Gasteiger charge is -2.26. The first kappa shape index (κ1) is 13.4. The zero-order valence-corrected chi connectivity index (χ0v) is 11.6. The lowest BCUT2D eigenvalue weighted by Crippen LogP contribution is -2.41. The van der Waals surface area contributed by atoms with E-state index < -0.39 is 0 Å². The van der Waals surface area contributed by atoms with Crippen LogP contribution in [-0.2, 0) is 0 Å². The Labute approximate surface area is 122 Å². The molecular weight excluding hydrogens is 270 g/mol. The second kappa shape index (κ2) is 5.78. The summed E-state index contributed by atoms with van der Waals surface area (Å²) in [6.07, 6.45) is 2.80. The number of hydrogen-bond acceptors (Lipinski definition) is 5. The molecule has 6 heteroatoms. The number of aryl methyl sites for hydroxylation is 1. The van der Waals surface area contributed by atoms with Gasteiger partial charge in [0.1, 0.15) is 18.4 Å². The zero-order valence-electron chi connectivity index (χ0n) is 11.6. The molecule has 1 unspecified atom stereocenters. The van der Waals surface area contributed by atoms with E-state index in [1.807, 2.05) is 31.2 Å². The van der Waals surface area contributed by atoms with Crippen LogP contribution in [0.1, 0.15) is 16.2 Å². The average Bonchev–Trinajstić information content (AvgIpc) is 2.53. The maximum Gasteiger partial charge on any atom is 0.271 e. The first-order valence-corrected chi connectivity index (χ1v) is 6.68. The molecule has 0 fully saturated rings. The fourth-order valence-corrected chi connectivity index (χ4v) is 1.97. The first-order valence-electron chi connectivity index (χ1n) is 6.68. The van der Waals surface area contributed by atoms with Crippen LogP contribution in [0.2, 0.25) is 0 Å². The highest BCUT2D eigenvalue weighted by Crippen LogP contribution is 2.30. The Hall–Kier alpha value is -2.63. The van der Waals surface area contributed by atoms with Gasteiger partial charge in [0.25, 0.3) is 5.91 Å². The second-order valence-corrected chi connectivity index (χ2v) is 4.75. The molecule has 1 amide bonds. The van der Waals surface area contributed by atoms with Crippen LogP contribution in [0.25, 0.3) is 0 Å². The normalized spacial score (nSPS) is 16.3. The van der Waals surface area contributed by atoms with Crippen molar-refractivity contribution in [3.8, 4) is 11.5 Å². The van der Waals surface area contributed by atoms with Gasteiger partial charge in [-0.25, -0.2) is 4.98 Å². The Morgan fingerprint density at radius 3 is 2.86 bits per heavy atom. The number of amides is 1. The van der Waals surface area contributed by atoms with E-state index in [9.17, 15) is 4.79 Å². The van der Waals surface area contributed by atoms with Gasteiger partial charge in [0, 0.05) is 6.20 Å². The van der Waals surface area contributed by atoms with Gasteiger partial charge in [-0.1, -0.05) is 12.1 Å². The number of aromatic nitrogens is 2. The predicted octanol–water partition coefficient (Wildman–Crippen LogP) is 1.35. The topological polar surface area (TPSA) is 73.3 Å². The number of carbonyl (C=O) groups excluding carboxylic acids is 1. The summed E-state index contributed by atoms with van der Waals surface area (Å²) >= 11 is 0. The standard InChI is InChI=1S/C15H15N3O3/c1-10-6-17-12(8-16-10)15(19)18-7-11-9-20-13-4-2-3-5-14(13)21-11/h2-6,8,11H,7,9H2,1H3,(H,18,19). The molecule has 3 rings (SSSR count). The SMILES string of the molecule is Cc1cnc(C(=O)NCC2COc3ccccc3O2)cn1. The van der Waals surface area contributed by atoms with Crippen molar-refractivity contribution < 1.29 is 14.3 Å². The highest BCUT2D eigenvalue weighted by atomic mass is 16.6. The zero-order chi connectivity index (χ0) is 14.7. The molecule has 1 atom stereocenters. The Balaban J connectivity index is 1.56. The van der Waals surface area contributed by atoms with Gasteiger partial charge in [0.05, 0.1) is 18.4 Å². The van der Waals surface area contributed by atoms with Gasteiger partial charge in [0.2, 0.25) is 0 Å². The summed E-state index contributed by atoms with van der Waals surface area (Å²) in [7, 11) is 0. The lowest BCUT2D eigenvalue weighted by atomic mass is 10.2. The van der Waals surface area contributed by atoms with E-state index in [1.54, 1.807) is 6.20 Å². The molecule has 1 aliphatic rings. The number of para-hydroxylation sites is 2. The number of benzene rings is 1. The Bertz CT molecular complexity index is 643. The van der Waals surface area contributed by atoms with Gasteiger partial charge in [-0.3, -0.25) is 9.78 Å². The fraction of sp³-hybridized carbons (Fsp3) is 0.267. The quantitative estimate of drug-likeness (QED) is 0.921. The van der Waals surface area contributed by atoms with Crippen molar-refractivity contribution in [3.63, 3.8) is 0 Å². The summed E-state index contributed by atoms with van der Waals surface area (Å²) in [5.41, 5.74) is 1.06. The molecule has 21 heavy (non-hydrogen) atoms. The van der Waals surface area contributed by atoms with Gasteiger partial charge in [-0.05, 0) is 19.1 Å². The monoisotopic (exact) mass is 285 g/mol. The van der Waals surface area contributed by atoms with Crippen LogP contribution >= 0.6 is 0 Å². The van der Waals surface area contributed by atoms with Crippen molar-refractivity contribution in [1.82, 2.24) is 15.3 Å². The molecular formula is C15H15N3O3. The number of rotatable bonds is 3. The second-order valence-electron chi connectivity index (χ2n) is 4.75. The smallest absolute Gasteiger partial charge is 0.271 e. The maximum absolute atomic E-state index is 11.9. The number of nitrogens with zero attached hydrogens (tertiary/aromatic N) is 2. The summed E-state index contributed by atoms with van der Waals surface area (Å²) in [6, 6.07) is 7.46. The minimum atomic E-state index is -0.273. The van der Waals surface area contributed by atoms with Gasteiger partial charge in [0.15, 0.2) is 11.5 Å². The molecule has 0 saturated carbocycles. The maximum atomic E-state index is 11.9. The molecule has 108 valence electrons. The van der Waals surface area contributed by atoms with Crippen LogP contribution in [0, 0.1) is 6.92 Å². The summed E-state index contributed by atoms with van der Waals surface area (Å²) in [5.74, 6) is 1.15. The van der Waals surface area contributed by atoms with Crippen LogP contribution in [0.4, 0.5) is 0 Å². The molecule has 0 aliphatic carbocycles. The molecule has 0 radical (unpaired) electrons. The number of carbonyl (C=O) groups is 1. The Kier molecular flexibility index (Phi) is 3.68. The van der Waals surface area contributed by atoms with E-state index in [0.29, 0.717) is 18.9 Å². The first-order chi connectivity index (χ1) is 10.2.